The Hall–Kier alpha value is -1.81. The van der Waals surface area contributed by atoms with Crippen LogP contribution in [0.5, 0.6) is 0 Å². The molecule has 0 bridgehead atoms. The van der Waals surface area contributed by atoms with Crippen molar-refractivity contribution >= 4 is 16.8 Å². The number of hydrogen-bond donors (Lipinski definition) is 3. The van der Waals surface area contributed by atoms with Crippen molar-refractivity contribution in [3.63, 3.8) is 0 Å². The van der Waals surface area contributed by atoms with Crippen molar-refractivity contribution < 1.29 is 4.79 Å². The average molecular weight is 285 g/mol. The van der Waals surface area contributed by atoms with E-state index in [1.165, 1.54) is 33.3 Å². The molecule has 1 aliphatic carbocycles. The molecule has 1 aromatic carbocycles. The van der Waals surface area contributed by atoms with Crippen molar-refractivity contribution in [3.05, 3.63) is 34.5 Å². The van der Waals surface area contributed by atoms with E-state index in [2.05, 4.69) is 36.3 Å². The topological polar surface area (TPSA) is 70.9 Å². The average Bonchev–Trinajstić information content (AvgIpc) is 2.82. The summed E-state index contributed by atoms with van der Waals surface area (Å²) in [5.74, 6) is 0.217. The van der Waals surface area contributed by atoms with Gasteiger partial charge in [-0.3, -0.25) is 4.79 Å². The largest absolute Gasteiger partial charge is 0.358 e. The van der Waals surface area contributed by atoms with Gasteiger partial charge in [0.05, 0.1) is 0 Å². The van der Waals surface area contributed by atoms with Gasteiger partial charge in [-0.15, -0.1) is 0 Å². The minimum Gasteiger partial charge on any atom is -0.358 e. The van der Waals surface area contributed by atoms with Crippen LogP contribution in [0.25, 0.3) is 10.9 Å². The van der Waals surface area contributed by atoms with Gasteiger partial charge in [-0.25, -0.2) is 0 Å². The van der Waals surface area contributed by atoms with Crippen LogP contribution in [0.1, 0.15) is 28.8 Å². The molecule has 1 amide bonds. The van der Waals surface area contributed by atoms with E-state index < -0.39 is 0 Å². The first-order valence-electron chi connectivity index (χ1n) is 7.68. The lowest BCUT2D eigenvalue weighted by Crippen LogP contribution is -2.36. The number of rotatable bonds is 3. The second-order valence-electron chi connectivity index (χ2n) is 6.08. The van der Waals surface area contributed by atoms with Crippen LogP contribution in [0.15, 0.2) is 12.1 Å². The molecule has 1 atom stereocenters. The second kappa shape index (κ2) is 5.53. The van der Waals surface area contributed by atoms with Crippen LogP contribution in [0.2, 0.25) is 0 Å². The maximum atomic E-state index is 12.2. The maximum absolute atomic E-state index is 12.2. The summed E-state index contributed by atoms with van der Waals surface area (Å²) in [6.45, 7) is 5.34. The van der Waals surface area contributed by atoms with E-state index in [-0.39, 0.29) is 11.8 Å². The highest BCUT2D eigenvalue weighted by Crippen LogP contribution is 2.33. The summed E-state index contributed by atoms with van der Waals surface area (Å²) in [7, 11) is 0. The summed E-state index contributed by atoms with van der Waals surface area (Å²) in [6, 6.07) is 4.46. The Balaban J connectivity index is 1.91. The summed E-state index contributed by atoms with van der Waals surface area (Å²) < 4.78 is 0. The first-order chi connectivity index (χ1) is 10.1. The first kappa shape index (κ1) is 14.1. The molecule has 1 aliphatic rings. The molecule has 0 saturated heterocycles. The molecule has 4 N–H and O–H groups in total. The predicted molar refractivity (Wildman–Crippen MR) is 85.4 cm³/mol. The van der Waals surface area contributed by atoms with Crippen LogP contribution in [-0.2, 0) is 17.6 Å². The fourth-order valence-electron chi connectivity index (χ4n) is 3.25. The van der Waals surface area contributed by atoms with E-state index in [0.29, 0.717) is 13.1 Å². The van der Waals surface area contributed by atoms with Crippen molar-refractivity contribution in [1.82, 2.24) is 10.3 Å². The van der Waals surface area contributed by atoms with E-state index in [9.17, 15) is 4.79 Å². The molecule has 2 aromatic rings. The Kier molecular flexibility index (Phi) is 3.72. The third-order valence-corrected chi connectivity index (χ3v) is 4.62. The number of nitrogens with one attached hydrogen (secondary N) is 2. The standard InChI is InChI=1S/C17H23N3O/c1-10-7-13-14-9-12(17(21)19-6-5-18)3-4-15(14)20-16(13)8-11(10)2/h7-8,12,20H,3-6,9,18H2,1-2H3,(H,19,21). The van der Waals surface area contributed by atoms with Gasteiger partial charge in [0, 0.05) is 35.6 Å². The van der Waals surface area contributed by atoms with Crippen molar-refractivity contribution in [1.29, 1.82) is 0 Å². The fraction of sp³-hybridized carbons (Fsp3) is 0.471. The molecule has 0 fully saturated rings. The summed E-state index contributed by atoms with van der Waals surface area (Å²) in [5.41, 5.74) is 11.9. The van der Waals surface area contributed by atoms with Crippen molar-refractivity contribution in [3.8, 4) is 0 Å². The SMILES string of the molecule is Cc1cc2[nH]c3c(c2cc1C)CC(C(=O)NCCN)CC3. The van der Waals surface area contributed by atoms with Crippen LogP contribution < -0.4 is 11.1 Å². The van der Waals surface area contributed by atoms with Crippen LogP contribution in [0.3, 0.4) is 0 Å². The number of carbonyl (C=O) groups excluding carboxylic acids is 1. The monoisotopic (exact) mass is 285 g/mol. The van der Waals surface area contributed by atoms with Crippen molar-refractivity contribution in [2.75, 3.05) is 13.1 Å². The van der Waals surface area contributed by atoms with Gasteiger partial charge in [0.15, 0.2) is 0 Å². The van der Waals surface area contributed by atoms with Crippen molar-refractivity contribution in [2.45, 2.75) is 33.1 Å². The zero-order valence-electron chi connectivity index (χ0n) is 12.8. The molecule has 0 aliphatic heterocycles. The number of nitrogens with two attached hydrogens (primary N) is 1. The van der Waals surface area contributed by atoms with Gasteiger partial charge in [-0.05, 0) is 61.9 Å². The smallest absolute Gasteiger partial charge is 0.223 e. The third-order valence-electron chi connectivity index (χ3n) is 4.62. The molecular formula is C17H23N3O. The summed E-state index contributed by atoms with van der Waals surface area (Å²) in [5, 5.41) is 4.20. The van der Waals surface area contributed by atoms with Crippen LogP contribution in [0, 0.1) is 19.8 Å². The Morgan fingerprint density at radius 1 is 1.38 bits per heavy atom. The van der Waals surface area contributed by atoms with Gasteiger partial charge in [-0.1, -0.05) is 0 Å². The van der Waals surface area contributed by atoms with Crippen molar-refractivity contribution in [2.24, 2.45) is 11.7 Å². The van der Waals surface area contributed by atoms with Crippen LogP contribution in [0.4, 0.5) is 0 Å². The van der Waals surface area contributed by atoms with Gasteiger partial charge in [0.25, 0.3) is 0 Å². The number of carbonyl (C=O) groups is 1. The van der Waals surface area contributed by atoms with Gasteiger partial charge >= 0.3 is 0 Å². The Morgan fingerprint density at radius 2 is 2.14 bits per heavy atom. The van der Waals surface area contributed by atoms with E-state index in [1.807, 2.05) is 0 Å². The minimum atomic E-state index is 0.0738. The lowest BCUT2D eigenvalue weighted by molar-refractivity contribution is -0.125. The lowest BCUT2D eigenvalue weighted by atomic mass is 9.85. The molecule has 0 saturated carbocycles. The summed E-state index contributed by atoms with van der Waals surface area (Å²) in [6.07, 6.45) is 2.69. The second-order valence-corrected chi connectivity index (χ2v) is 6.08. The van der Waals surface area contributed by atoms with Gasteiger partial charge in [0.2, 0.25) is 5.91 Å². The third kappa shape index (κ3) is 2.56. The number of aromatic amines is 1. The summed E-state index contributed by atoms with van der Waals surface area (Å²) >= 11 is 0. The molecule has 4 nitrogen and oxygen atoms in total. The molecule has 0 radical (unpaired) electrons. The number of aryl methyl sites for hydroxylation is 3. The quantitative estimate of drug-likeness (QED) is 0.807. The Labute approximate surface area is 125 Å². The van der Waals surface area contributed by atoms with Crippen LogP contribution >= 0.6 is 0 Å². The fourth-order valence-corrected chi connectivity index (χ4v) is 3.25. The van der Waals surface area contributed by atoms with E-state index >= 15 is 0 Å². The molecule has 21 heavy (non-hydrogen) atoms. The normalized spacial score (nSPS) is 17.8. The van der Waals surface area contributed by atoms with Crippen LogP contribution in [-0.4, -0.2) is 24.0 Å². The predicted octanol–water partition coefficient (Wildman–Crippen LogP) is 1.96. The number of aromatic nitrogens is 1. The lowest BCUT2D eigenvalue weighted by Gasteiger charge is -2.21. The number of H-pyrrole nitrogens is 1. The number of fused-ring (bicyclic) bond motifs is 3. The number of hydrogen-bond acceptors (Lipinski definition) is 2. The van der Waals surface area contributed by atoms with Gasteiger partial charge < -0.3 is 16.0 Å². The van der Waals surface area contributed by atoms with E-state index in [0.717, 1.165) is 19.3 Å². The molecule has 1 heterocycles. The van der Waals surface area contributed by atoms with Gasteiger partial charge in [-0.2, -0.15) is 0 Å². The number of benzene rings is 1. The van der Waals surface area contributed by atoms with E-state index in [4.69, 9.17) is 5.73 Å². The molecular weight excluding hydrogens is 262 g/mol. The molecule has 1 aromatic heterocycles. The Bertz CT molecular complexity index is 687. The van der Waals surface area contributed by atoms with E-state index in [1.54, 1.807) is 0 Å². The zero-order chi connectivity index (χ0) is 15.0. The zero-order valence-corrected chi connectivity index (χ0v) is 12.8. The highest BCUT2D eigenvalue weighted by Gasteiger charge is 2.27. The first-order valence-corrected chi connectivity index (χ1v) is 7.68. The molecule has 112 valence electrons. The maximum Gasteiger partial charge on any atom is 0.223 e. The summed E-state index contributed by atoms with van der Waals surface area (Å²) in [4.78, 5) is 15.7. The number of amides is 1. The van der Waals surface area contributed by atoms with Gasteiger partial charge in [0.1, 0.15) is 0 Å². The molecule has 3 rings (SSSR count). The minimum absolute atomic E-state index is 0.0738. The molecule has 1 unspecified atom stereocenters. The molecule has 0 spiro atoms. The highest BCUT2D eigenvalue weighted by molar-refractivity contribution is 5.88. The Morgan fingerprint density at radius 3 is 2.90 bits per heavy atom. The highest BCUT2D eigenvalue weighted by atomic mass is 16.1. The molecule has 4 heteroatoms.